The summed E-state index contributed by atoms with van der Waals surface area (Å²) in [6.07, 6.45) is -1.69. The summed E-state index contributed by atoms with van der Waals surface area (Å²) in [6, 6.07) is 4.79. The number of hydrogen-bond donors (Lipinski definition) is 1. The molecule has 0 fully saturated rings. The molecule has 0 aliphatic carbocycles. The van der Waals surface area contributed by atoms with E-state index in [2.05, 4.69) is 5.10 Å². The van der Waals surface area contributed by atoms with E-state index >= 15 is 0 Å². The molecule has 0 atom stereocenters. The molecule has 1 heterocycles. The van der Waals surface area contributed by atoms with Crippen LogP contribution < -0.4 is 0 Å². The highest BCUT2D eigenvalue weighted by atomic mass is 19.4. The van der Waals surface area contributed by atoms with Crippen molar-refractivity contribution in [2.45, 2.75) is 12.7 Å². The van der Waals surface area contributed by atoms with Gasteiger partial charge in [-0.05, 0) is 17.7 Å². The van der Waals surface area contributed by atoms with Gasteiger partial charge in [-0.3, -0.25) is 9.48 Å². The molecule has 0 aliphatic rings. The van der Waals surface area contributed by atoms with Crippen LogP contribution in [-0.2, 0) is 17.5 Å². The van der Waals surface area contributed by atoms with Crippen LogP contribution in [0.25, 0.3) is 11.1 Å². The average Bonchev–Trinajstić information content (AvgIpc) is 2.76. The van der Waals surface area contributed by atoms with Crippen LogP contribution in [0, 0.1) is 0 Å². The minimum absolute atomic E-state index is 0.334. The van der Waals surface area contributed by atoms with E-state index in [0.717, 1.165) is 16.8 Å². The molecule has 100 valence electrons. The van der Waals surface area contributed by atoms with E-state index < -0.39 is 17.7 Å². The van der Waals surface area contributed by atoms with Crippen LogP contribution in [0.5, 0.6) is 0 Å². The van der Waals surface area contributed by atoms with Crippen molar-refractivity contribution in [2.24, 2.45) is 0 Å². The number of rotatable bonds is 3. The summed E-state index contributed by atoms with van der Waals surface area (Å²) in [4.78, 5) is 10.5. The first kappa shape index (κ1) is 13.1. The van der Waals surface area contributed by atoms with Gasteiger partial charge in [-0.2, -0.15) is 18.3 Å². The van der Waals surface area contributed by atoms with E-state index in [0.29, 0.717) is 11.1 Å². The van der Waals surface area contributed by atoms with Crippen molar-refractivity contribution in [1.29, 1.82) is 0 Å². The second-order valence-electron chi connectivity index (χ2n) is 3.90. The molecule has 1 aromatic carbocycles. The standard InChI is InChI=1S/C12H9F3N2O2/c13-12(14,15)10-3-1-2-8(4-10)9-5-16-17(6-9)7-11(18)19/h1-6H,7H2,(H,18,19). The summed E-state index contributed by atoms with van der Waals surface area (Å²) in [5, 5.41) is 12.4. The minimum atomic E-state index is -4.41. The van der Waals surface area contributed by atoms with Gasteiger partial charge in [0, 0.05) is 11.8 Å². The van der Waals surface area contributed by atoms with Crippen LogP contribution in [0.1, 0.15) is 5.56 Å². The second kappa shape index (κ2) is 4.75. The Bertz CT molecular complexity index is 605. The smallest absolute Gasteiger partial charge is 0.416 e. The van der Waals surface area contributed by atoms with E-state index in [1.165, 1.54) is 24.5 Å². The maximum Gasteiger partial charge on any atom is 0.416 e. The molecule has 19 heavy (non-hydrogen) atoms. The van der Waals surface area contributed by atoms with Gasteiger partial charge in [0.2, 0.25) is 0 Å². The lowest BCUT2D eigenvalue weighted by molar-refractivity contribution is -0.138. The molecule has 0 spiro atoms. The van der Waals surface area contributed by atoms with Gasteiger partial charge in [0.05, 0.1) is 11.8 Å². The lowest BCUT2D eigenvalue weighted by Crippen LogP contribution is -2.08. The van der Waals surface area contributed by atoms with Crippen LogP contribution in [0.2, 0.25) is 0 Å². The third kappa shape index (κ3) is 3.12. The van der Waals surface area contributed by atoms with Crippen molar-refractivity contribution in [2.75, 3.05) is 0 Å². The fraction of sp³-hybridized carbons (Fsp3) is 0.167. The number of nitrogens with zero attached hydrogens (tertiary/aromatic N) is 2. The Morgan fingerprint density at radius 3 is 2.68 bits per heavy atom. The maximum atomic E-state index is 12.6. The third-order valence-corrected chi connectivity index (χ3v) is 2.45. The molecular weight excluding hydrogens is 261 g/mol. The van der Waals surface area contributed by atoms with Gasteiger partial charge in [-0.15, -0.1) is 0 Å². The first-order valence-corrected chi connectivity index (χ1v) is 5.28. The van der Waals surface area contributed by atoms with Gasteiger partial charge in [-0.25, -0.2) is 0 Å². The number of benzene rings is 1. The topological polar surface area (TPSA) is 55.1 Å². The zero-order chi connectivity index (χ0) is 14.0. The largest absolute Gasteiger partial charge is 0.480 e. The molecule has 0 bridgehead atoms. The van der Waals surface area contributed by atoms with Gasteiger partial charge in [0.25, 0.3) is 0 Å². The van der Waals surface area contributed by atoms with Gasteiger partial charge in [0.1, 0.15) is 6.54 Å². The van der Waals surface area contributed by atoms with E-state index in [9.17, 15) is 18.0 Å². The summed E-state index contributed by atoms with van der Waals surface area (Å²) >= 11 is 0. The molecule has 0 saturated carbocycles. The highest BCUT2D eigenvalue weighted by Crippen LogP contribution is 2.31. The molecule has 0 unspecified atom stereocenters. The maximum absolute atomic E-state index is 12.6. The van der Waals surface area contributed by atoms with Crippen LogP contribution in [0.15, 0.2) is 36.7 Å². The third-order valence-electron chi connectivity index (χ3n) is 2.45. The number of alkyl halides is 3. The lowest BCUT2D eigenvalue weighted by atomic mass is 10.1. The van der Waals surface area contributed by atoms with Crippen molar-refractivity contribution >= 4 is 5.97 Å². The molecule has 4 nitrogen and oxygen atoms in total. The first-order chi connectivity index (χ1) is 8.86. The average molecular weight is 270 g/mol. The molecule has 0 aliphatic heterocycles. The summed E-state index contributed by atoms with van der Waals surface area (Å²) in [6.45, 7) is -0.334. The Balaban J connectivity index is 2.32. The van der Waals surface area contributed by atoms with Crippen molar-refractivity contribution in [3.05, 3.63) is 42.2 Å². The zero-order valence-electron chi connectivity index (χ0n) is 9.55. The van der Waals surface area contributed by atoms with Gasteiger partial charge < -0.3 is 5.11 Å². The van der Waals surface area contributed by atoms with Crippen LogP contribution in [0.3, 0.4) is 0 Å². The second-order valence-corrected chi connectivity index (χ2v) is 3.90. The summed E-state index contributed by atoms with van der Waals surface area (Å²) in [5.41, 5.74) is 0.0230. The van der Waals surface area contributed by atoms with Crippen molar-refractivity contribution < 1.29 is 23.1 Å². The molecule has 7 heteroatoms. The molecule has 2 rings (SSSR count). The zero-order valence-corrected chi connectivity index (χ0v) is 9.55. The molecule has 0 amide bonds. The Kier molecular flexibility index (Phi) is 3.28. The van der Waals surface area contributed by atoms with E-state index in [1.54, 1.807) is 0 Å². The number of carboxylic acid groups (broad SMARTS) is 1. The van der Waals surface area contributed by atoms with Gasteiger partial charge in [-0.1, -0.05) is 12.1 Å². The molecule has 0 radical (unpaired) electrons. The van der Waals surface area contributed by atoms with Crippen LogP contribution >= 0.6 is 0 Å². The SMILES string of the molecule is O=C(O)Cn1cc(-c2cccc(C(F)(F)F)c2)cn1. The van der Waals surface area contributed by atoms with Crippen LogP contribution in [-0.4, -0.2) is 20.9 Å². The molecule has 1 N–H and O–H groups in total. The van der Waals surface area contributed by atoms with E-state index in [-0.39, 0.29) is 6.54 Å². The van der Waals surface area contributed by atoms with Crippen molar-refractivity contribution in [3.63, 3.8) is 0 Å². The highest BCUT2D eigenvalue weighted by molar-refractivity contribution is 5.67. The predicted octanol–water partition coefficient (Wildman–Crippen LogP) is 2.65. The number of hydrogen-bond acceptors (Lipinski definition) is 2. The van der Waals surface area contributed by atoms with Gasteiger partial charge in [0.15, 0.2) is 0 Å². The predicted molar refractivity (Wildman–Crippen MR) is 60.3 cm³/mol. The van der Waals surface area contributed by atoms with Crippen molar-refractivity contribution in [1.82, 2.24) is 9.78 Å². The number of carbonyl (C=O) groups is 1. The Morgan fingerprint density at radius 1 is 1.32 bits per heavy atom. The fourth-order valence-corrected chi connectivity index (χ4v) is 1.61. The number of halogens is 3. The Morgan fingerprint density at radius 2 is 2.05 bits per heavy atom. The highest BCUT2D eigenvalue weighted by Gasteiger charge is 2.30. The number of aliphatic carboxylic acids is 1. The lowest BCUT2D eigenvalue weighted by Gasteiger charge is -2.07. The summed E-state index contributed by atoms with van der Waals surface area (Å²) in [7, 11) is 0. The van der Waals surface area contributed by atoms with Crippen molar-refractivity contribution in [3.8, 4) is 11.1 Å². The fourth-order valence-electron chi connectivity index (χ4n) is 1.61. The first-order valence-electron chi connectivity index (χ1n) is 5.28. The number of aromatic nitrogens is 2. The summed E-state index contributed by atoms with van der Waals surface area (Å²) < 4.78 is 38.8. The minimum Gasteiger partial charge on any atom is -0.480 e. The normalized spacial score (nSPS) is 11.5. The van der Waals surface area contributed by atoms with Gasteiger partial charge >= 0.3 is 12.1 Å². The van der Waals surface area contributed by atoms with E-state index in [1.807, 2.05) is 0 Å². The molecule has 2 aromatic rings. The molecular formula is C12H9F3N2O2. The Labute approximate surface area is 106 Å². The Hall–Kier alpha value is -2.31. The van der Waals surface area contributed by atoms with Crippen LogP contribution in [0.4, 0.5) is 13.2 Å². The summed E-state index contributed by atoms with van der Waals surface area (Å²) in [5.74, 6) is -1.07. The monoisotopic (exact) mass is 270 g/mol. The molecule has 1 aromatic heterocycles. The quantitative estimate of drug-likeness (QED) is 0.932. The number of carboxylic acids is 1. The molecule has 0 saturated heterocycles. The van der Waals surface area contributed by atoms with E-state index in [4.69, 9.17) is 5.11 Å².